The molecule has 0 spiro atoms. The van der Waals surface area contributed by atoms with Gasteiger partial charge in [0, 0.05) is 6.42 Å². The number of aromatic nitrogens is 2. The number of rotatable bonds is 2. The van der Waals surface area contributed by atoms with Gasteiger partial charge in [-0.05, 0) is 6.92 Å². The van der Waals surface area contributed by atoms with Crippen LogP contribution in [0.2, 0.25) is 0 Å². The maximum atomic E-state index is 12.0. The summed E-state index contributed by atoms with van der Waals surface area (Å²) < 4.78 is 0. The van der Waals surface area contributed by atoms with Crippen LogP contribution in [-0.2, 0) is 17.8 Å². The molecule has 7 heteroatoms. The molecular formula is C12H14N4O3. The number of fused-ring (bicyclic) bond motifs is 1. The molecule has 2 amide bonds. The second-order valence-electron chi connectivity index (χ2n) is 4.10. The number of hydrogen-bond acceptors (Lipinski definition) is 3. The van der Waals surface area contributed by atoms with Gasteiger partial charge in [-0.25, -0.2) is 14.6 Å². The minimum absolute atomic E-state index is 0.202. The van der Waals surface area contributed by atoms with Crippen molar-refractivity contribution in [2.24, 2.45) is 0 Å². The average molecular weight is 262 g/mol. The van der Waals surface area contributed by atoms with Gasteiger partial charge in [-0.1, -0.05) is 5.92 Å². The summed E-state index contributed by atoms with van der Waals surface area (Å²) in [6.45, 7) is 2.08. The first kappa shape index (κ1) is 13.0. The number of carboxylic acid groups (broad SMARTS) is 1. The van der Waals surface area contributed by atoms with Crippen LogP contribution in [0.25, 0.3) is 0 Å². The summed E-state index contributed by atoms with van der Waals surface area (Å²) in [7, 11) is 0. The third kappa shape index (κ3) is 2.68. The van der Waals surface area contributed by atoms with Crippen LogP contribution in [0.4, 0.5) is 4.79 Å². The van der Waals surface area contributed by atoms with Crippen LogP contribution in [0.1, 0.15) is 18.3 Å². The number of carboxylic acids is 1. The zero-order valence-electron chi connectivity index (χ0n) is 10.4. The van der Waals surface area contributed by atoms with Crippen LogP contribution in [-0.4, -0.2) is 44.6 Å². The summed E-state index contributed by atoms with van der Waals surface area (Å²) in [6.07, 6.45) is 1.72. The molecule has 0 aliphatic carbocycles. The first-order valence-electron chi connectivity index (χ1n) is 5.81. The topological polar surface area (TPSA) is 98.3 Å². The molecule has 19 heavy (non-hydrogen) atoms. The number of nitrogens with one attached hydrogen (secondary N) is 2. The number of carbonyl (C=O) groups excluding carboxylic acids is 1. The van der Waals surface area contributed by atoms with E-state index < -0.39 is 18.0 Å². The number of aliphatic carboxylic acids is 1. The van der Waals surface area contributed by atoms with Crippen molar-refractivity contribution >= 4 is 12.0 Å². The third-order valence-corrected chi connectivity index (χ3v) is 2.95. The highest BCUT2D eigenvalue weighted by atomic mass is 16.4. The summed E-state index contributed by atoms with van der Waals surface area (Å²) in [6, 6.07) is -1.33. The average Bonchev–Trinajstić information content (AvgIpc) is 2.84. The van der Waals surface area contributed by atoms with Crippen molar-refractivity contribution in [3.8, 4) is 11.8 Å². The number of aromatic amines is 1. The Hall–Kier alpha value is -2.49. The van der Waals surface area contributed by atoms with Crippen molar-refractivity contribution in [3.05, 3.63) is 17.7 Å². The molecule has 1 aromatic heterocycles. The maximum Gasteiger partial charge on any atom is 0.326 e. The number of nitrogens with zero attached hydrogens (tertiary/aromatic N) is 2. The normalized spacial score (nSPS) is 17.1. The highest BCUT2D eigenvalue weighted by Gasteiger charge is 2.35. The van der Waals surface area contributed by atoms with Crippen molar-refractivity contribution in [2.45, 2.75) is 25.9 Å². The number of carbonyl (C=O) groups is 2. The molecule has 1 aromatic rings. The molecule has 0 aromatic carbocycles. The van der Waals surface area contributed by atoms with Gasteiger partial charge in [0.25, 0.3) is 0 Å². The molecule has 7 nitrogen and oxygen atoms in total. The first-order chi connectivity index (χ1) is 9.13. The Morgan fingerprint density at radius 3 is 3.16 bits per heavy atom. The van der Waals surface area contributed by atoms with Crippen molar-refractivity contribution in [1.82, 2.24) is 20.2 Å². The van der Waals surface area contributed by atoms with Gasteiger partial charge in [0.1, 0.15) is 6.04 Å². The molecule has 0 bridgehead atoms. The molecule has 2 heterocycles. The Kier molecular flexibility index (Phi) is 3.71. The number of amides is 2. The van der Waals surface area contributed by atoms with Crippen molar-refractivity contribution in [3.63, 3.8) is 0 Å². The lowest BCUT2D eigenvalue weighted by atomic mass is 10.0. The van der Waals surface area contributed by atoms with E-state index >= 15 is 0 Å². The second-order valence-corrected chi connectivity index (χ2v) is 4.10. The van der Waals surface area contributed by atoms with Gasteiger partial charge in [-0.15, -0.1) is 5.92 Å². The van der Waals surface area contributed by atoms with E-state index in [0.29, 0.717) is 5.69 Å². The van der Waals surface area contributed by atoms with E-state index in [-0.39, 0.29) is 19.5 Å². The van der Waals surface area contributed by atoms with Crippen molar-refractivity contribution in [1.29, 1.82) is 0 Å². The monoisotopic (exact) mass is 262 g/mol. The molecule has 1 aliphatic heterocycles. The lowest BCUT2D eigenvalue weighted by Gasteiger charge is -2.32. The fraction of sp³-hybridized carbons (Fsp3) is 0.417. The molecule has 0 radical (unpaired) electrons. The van der Waals surface area contributed by atoms with Crippen LogP contribution >= 0.6 is 0 Å². The van der Waals surface area contributed by atoms with E-state index in [1.165, 1.54) is 11.2 Å². The van der Waals surface area contributed by atoms with Gasteiger partial charge in [-0.2, -0.15) is 0 Å². The predicted octanol–water partition coefficient (Wildman–Crippen LogP) is -0.0461. The van der Waals surface area contributed by atoms with E-state index in [0.717, 1.165) is 5.69 Å². The predicted molar refractivity (Wildman–Crippen MR) is 66.1 cm³/mol. The maximum absolute atomic E-state index is 12.0. The summed E-state index contributed by atoms with van der Waals surface area (Å²) in [5.74, 6) is 4.32. The number of imidazole rings is 1. The highest BCUT2D eigenvalue weighted by molar-refractivity contribution is 5.83. The zero-order valence-corrected chi connectivity index (χ0v) is 10.4. The van der Waals surface area contributed by atoms with Gasteiger partial charge < -0.3 is 20.3 Å². The van der Waals surface area contributed by atoms with Gasteiger partial charge in [0.15, 0.2) is 0 Å². The lowest BCUT2D eigenvalue weighted by Crippen LogP contribution is -2.52. The van der Waals surface area contributed by atoms with Crippen LogP contribution in [0.5, 0.6) is 0 Å². The third-order valence-electron chi connectivity index (χ3n) is 2.95. The van der Waals surface area contributed by atoms with E-state index in [4.69, 9.17) is 0 Å². The summed E-state index contributed by atoms with van der Waals surface area (Å²) in [4.78, 5) is 31.5. The van der Waals surface area contributed by atoms with Gasteiger partial charge in [0.2, 0.25) is 0 Å². The molecule has 0 fully saturated rings. The molecular weight excluding hydrogens is 248 g/mol. The molecule has 2 rings (SSSR count). The molecule has 3 N–H and O–H groups in total. The minimum atomic E-state index is -1.04. The molecule has 0 saturated heterocycles. The van der Waals surface area contributed by atoms with Gasteiger partial charge in [-0.3, -0.25) is 0 Å². The van der Waals surface area contributed by atoms with Crippen LogP contribution in [0.15, 0.2) is 6.33 Å². The van der Waals surface area contributed by atoms with Crippen LogP contribution < -0.4 is 5.32 Å². The fourth-order valence-corrected chi connectivity index (χ4v) is 1.98. The van der Waals surface area contributed by atoms with Crippen molar-refractivity contribution in [2.75, 3.05) is 6.54 Å². The number of urea groups is 1. The van der Waals surface area contributed by atoms with E-state index in [1.54, 1.807) is 6.92 Å². The fourth-order valence-electron chi connectivity index (χ4n) is 1.98. The van der Waals surface area contributed by atoms with Crippen LogP contribution in [0.3, 0.4) is 0 Å². The number of hydrogen-bond donors (Lipinski definition) is 3. The molecule has 1 unspecified atom stereocenters. The Bertz CT molecular complexity index is 555. The van der Waals surface area contributed by atoms with Crippen molar-refractivity contribution < 1.29 is 14.7 Å². The quantitative estimate of drug-likeness (QED) is 0.651. The summed E-state index contributed by atoms with van der Waals surface area (Å²) >= 11 is 0. The molecule has 1 aliphatic rings. The van der Waals surface area contributed by atoms with Gasteiger partial charge in [0.05, 0.1) is 30.8 Å². The number of H-pyrrole nitrogens is 1. The van der Waals surface area contributed by atoms with Crippen LogP contribution in [0, 0.1) is 11.8 Å². The first-order valence-corrected chi connectivity index (χ1v) is 5.81. The standard InChI is InChI=1S/C12H14N4O3/c1-2-3-4-13-12(19)16-6-9-8(14-7-15-9)5-10(16)11(17)18/h7,10H,4-6H2,1H3,(H,13,19)(H,14,15)(H,17,18). The molecule has 0 saturated carbocycles. The Balaban J connectivity index is 2.14. The van der Waals surface area contributed by atoms with E-state index in [9.17, 15) is 14.7 Å². The Labute approximate surface area is 110 Å². The summed E-state index contributed by atoms with van der Waals surface area (Å²) in [5, 5.41) is 11.8. The Morgan fingerprint density at radius 1 is 1.68 bits per heavy atom. The smallest absolute Gasteiger partial charge is 0.326 e. The summed E-state index contributed by atoms with van der Waals surface area (Å²) in [5.41, 5.74) is 1.47. The largest absolute Gasteiger partial charge is 0.480 e. The zero-order chi connectivity index (χ0) is 13.8. The lowest BCUT2D eigenvalue weighted by molar-refractivity contribution is -0.142. The SMILES string of the molecule is CC#CCNC(=O)N1Cc2[nH]cnc2CC1C(=O)O. The molecule has 100 valence electrons. The Morgan fingerprint density at radius 2 is 2.47 bits per heavy atom. The molecule has 1 atom stereocenters. The second kappa shape index (κ2) is 5.44. The van der Waals surface area contributed by atoms with E-state index in [2.05, 4.69) is 27.1 Å². The minimum Gasteiger partial charge on any atom is -0.480 e. The van der Waals surface area contributed by atoms with E-state index in [1.807, 2.05) is 0 Å². The van der Waals surface area contributed by atoms with Gasteiger partial charge >= 0.3 is 12.0 Å². The highest BCUT2D eigenvalue weighted by Crippen LogP contribution is 2.20.